The van der Waals surface area contributed by atoms with Crippen LogP contribution in [-0.2, 0) is 22.5 Å². The van der Waals surface area contributed by atoms with Gasteiger partial charge in [0.05, 0.1) is 23.4 Å². The third-order valence-corrected chi connectivity index (χ3v) is 13.7. The number of fused-ring (bicyclic) bond motifs is 4. The third-order valence-electron chi connectivity index (χ3n) is 13.7. The molecule has 1 unspecified atom stereocenters. The molecular weight excluding hydrogens is 807 g/mol. The Morgan fingerprint density at radius 3 is 2.30 bits per heavy atom. The number of aromatic amines is 2. The first-order valence-corrected chi connectivity index (χ1v) is 22.3. The first-order chi connectivity index (χ1) is 31.1. The van der Waals surface area contributed by atoms with Crippen molar-refractivity contribution in [1.82, 2.24) is 64.3 Å². The molecule has 16 nitrogen and oxygen atoms in total. The number of hydrogen-bond donors (Lipinski definition) is 2. The largest absolute Gasteiger partial charge is 0.443 e. The van der Waals surface area contributed by atoms with Gasteiger partial charge in [-0.25, -0.2) is 14.8 Å². The van der Waals surface area contributed by atoms with E-state index in [2.05, 4.69) is 65.0 Å². The van der Waals surface area contributed by atoms with Gasteiger partial charge < -0.3 is 24.5 Å². The Bertz CT molecular complexity index is 3080. The van der Waals surface area contributed by atoms with Crippen LogP contribution in [0, 0.1) is 5.41 Å². The zero-order valence-corrected chi connectivity index (χ0v) is 36.2. The normalized spacial score (nSPS) is 18.9. The van der Waals surface area contributed by atoms with Crippen molar-refractivity contribution in [1.29, 1.82) is 0 Å². The van der Waals surface area contributed by atoms with Crippen molar-refractivity contribution < 1.29 is 14.3 Å². The summed E-state index contributed by atoms with van der Waals surface area (Å²) in [4.78, 5) is 49.6. The number of rotatable bonds is 9. The van der Waals surface area contributed by atoms with E-state index >= 15 is 0 Å². The summed E-state index contributed by atoms with van der Waals surface area (Å²) < 4.78 is 9.59. The molecule has 0 aromatic carbocycles. The minimum Gasteiger partial charge on any atom is -0.443 e. The van der Waals surface area contributed by atoms with Gasteiger partial charge in [-0.15, -0.1) is 0 Å². The monoisotopic (exact) mass is 857 g/mol. The van der Waals surface area contributed by atoms with Crippen molar-refractivity contribution in [3.63, 3.8) is 0 Å². The SMILES string of the molecule is C=CC(=O)N1CCC2(CCCN(Cc3cc4c(-c5cnn6ncccc56)cc(CC(C)(C)OC(=O)N5CCC(c6cc7c(-c8cnn9ncccc89)ccnc7[nH]6)CC5)nc4[nH]3)C2)C1. The van der Waals surface area contributed by atoms with E-state index in [1.165, 1.54) is 6.08 Å². The fourth-order valence-corrected chi connectivity index (χ4v) is 10.6. The number of H-pyrrole nitrogens is 2. The lowest BCUT2D eigenvalue weighted by atomic mass is 9.79. The molecule has 64 heavy (non-hydrogen) atoms. The molecule has 16 heteroatoms. The summed E-state index contributed by atoms with van der Waals surface area (Å²) in [6, 6.07) is 16.4. The molecule has 11 heterocycles. The second-order valence-corrected chi connectivity index (χ2v) is 18.6. The maximum atomic E-state index is 13.8. The lowest BCUT2D eigenvalue weighted by Gasteiger charge is -2.40. The molecule has 1 atom stereocenters. The Labute approximate surface area is 369 Å². The van der Waals surface area contributed by atoms with Crippen LogP contribution in [0.1, 0.15) is 69.0 Å². The molecule has 0 aliphatic carbocycles. The predicted molar refractivity (Wildman–Crippen MR) is 242 cm³/mol. The number of piperidine rings is 2. The highest BCUT2D eigenvalue weighted by molar-refractivity contribution is 5.99. The number of ether oxygens (including phenoxy) is 1. The summed E-state index contributed by atoms with van der Waals surface area (Å²) >= 11 is 0. The molecule has 1 spiro atoms. The van der Waals surface area contributed by atoms with Gasteiger partial charge in [0.15, 0.2) is 0 Å². The lowest BCUT2D eigenvalue weighted by molar-refractivity contribution is -0.125. The third kappa shape index (κ3) is 7.34. The highest BCUT2D eigenvalue weighted by Gasteiger charge is 2.42. The van der Waals surface area contributed by atoms with Crippen molar-refractivity contribution in [3.8, 4) is 22.3 Å². The molecule has 11 rings (SSSR count). The fraction of sp³-hybridized carbons (Fsp3) is 0.375. The molecule has 0 saturated carbocycles. The second kappa shape index (κ2) is 15.7. The van der Waals surface area contributed by atoms with Crippen LogP contribution in [0.2, 0.25) is 0 Å². The van der Waals surface area contributed by atoms with Crippen LogP contribution in [0.4, 0.5) is 4.79 Å². The summed E-state index contributed by atoms with van der Waals surface area (Å²) in [7, 11) is 0. The summed E-state index contributed by atoms with van der Waals surface area (Å²) in [6.07, 6.45) is 15.4. The van der Waals surface area contributed by atoms with Crippen molar-refractivity contribution in [2.45, 2.75) is 70.4 Å². The van der Waals surface area contributed by atoms with E-state index in [4.69, 9.17) is 9.72 Å². The Morgan fingerprint density at radius 1 is 0.812 bits per heavy atom. The van der Waals surface area contributed by atoms with Crippen LogP contribution >= 0.6 is 0 Å². The molecule has 3 saturated heterocycles. The van der Waals surface area contributed by atoms with Crippen LogP contribution in [0.25, 0.3) is 55.4 Å². The molecule has 326 valence electrons. The summed E-state index contributed by atoms with van der Waals surface area (Å²) in [6.45, 7) is 13.0. The average molecular weight is 858 g/mol. The Morgan fingerprint density at radius 2 is 1.55 bits per heavy atom. The van der Waals surface area contributed by atoms with Gasteiger partial charge in [0.25, 0.3) is 0 Å². The van der Waals surface area contributed by atoms with Gasteiger partial charge in [-0.1, -0.05) is 6.58 Å². The first kappa shape index (κ1) is 39.9. The van der Waals surface area contributed by atoms with Gasteiger partial charge in [-0.05, 0) is 118 Å². The molecule has 3 aliphatic heterocycles. The Hall–Kier alpha value is -6.94. The van der Waals surface area contributed by atoms with Crippen LogP contribution in [0.3, 0.4) is 0 Å². The van der Waals surface area contributed by atoms with Crippen LogP contribution in [0.15, 0.2) is 92.2 Å². The first-order valence-electron chi connectivity index (χ1n) is 22.3. The van der Waals surface area contributed by atoms with Gasteiger partial charge in [-0.2, -0.15) is 29.7 Å². The zero-order chi connectivity index (χ0) is 43.6. The maximum Gasteiger partial charge on any atom is 0.410 e. The van der Waals surface area contributed by atoms with E-state index in [9.17, 15) is 9.59 Å². The lowest BCUT2D eigenvalue weighted by Crippen LogP contribution is -2.44. The Balaban J connectivity index is 0.793. The number of likely N-dealkylation sites (tertiary alicyclic amines) is 3. The van der Waals surface area contributed by atoms with Gasteiger partial charge in [0, 0.05) is 115 Å². The minimum absolute atomic E-state index is 0.0225. The van der Waals surface area contributed by atoms with Gasteiger partial charge in [0.2, 0.25) is 5.91 Å². The average Bonchev–Trinajstić information content (AvgIpc) is 4.15. The van der Waals surface area contributed by atoms with Crippen LogP contribution in [0.5, 0.6) is 0 Å². The maximum absolute atomic E-state index is 13.8. The number of aromatic nitrogens is 10. The highest BCUT2D eigenvalue weighted by atomic mass is 16.6. The number of carbonyl (C=O) groups is 2. The standard InChI is InChI=1S/C48H51N13O3/c1-4-43(62)59-21-14-48(30-59)13-7-18-57(29-48)28-33-23-36-35(39-27-53-61-42(39)9-6-16-51-61)22-32(54-45(36)55-33)25-47(2,3)64-46(63)58-19-11-31(12-20-58)40-24-37-34(10-17-49-44(37)56-40)38-26-52-60-41(38)8-5-15-50-60/h4-6,8-10,15-17,22-24,26-27,31H,1,7,11-14,18-21,25,28-30H2,2-3H3,(H,49,56)(H,54,55). The van der Waals surface area contributed by atoms with Crippen molar-refractivity contribution >= 4 is 45.1 Å². The topological polar surface area (TPSA) is 171 Å². The molecule has 0 radical (unpaired) electrons. The highest BCUT2D eigenvalue weighted by Crippen LogP contribution is 2.41. The zero-order valence-electron chi connectivity index (χ0n) is 36.2. The van der Waals surface area contributed by atoms with E-state index in [1.807, 2.05) is 72.6 Å². The number of amides is 2. The van der Waals surface area contributed by atoms with E-state index in [-0.39, 0.29) is 23.3 Å². The minimum atomic E-state index is -0.846. The smallest absolute Gasteiger partial charge is 0.410 e. The van der Waals surface area contributed by atoms with E-state index in [0.717, 1.165) is 137 Å². The molecular formula is C48H51N13O3. The number of nitrogens with one attached hydrogen (secondary N) is 2. The van der Waals surface area contributed by atoms with Crippen LogP contribution in [-0.4, -0.2) is 121 Å². The summed E-state index contributed by atoms with van der Waals surface area (Å²) in [5.41, 5.74) is 9.71. The molecule has 2 N–H and O–H groups in total. The van der Waals surface area contributed by atoms with E-state index in [1.54, 1.807) is 21.7 Å². The number of nitrogens with zero attached hydrogens (tertiary/aromatic N) is 11. The number of hydrogen-bond acceptors (Lipinski definition) is 10. The molecule has 3 aliphatic rings. The number of carbonyl (C=O) groups excluding carboxylic acids is 2. The van der Waals surface area contributed by atoms with E-state index in [0.29, 0.717) is 19.5 Å². The fourth-order valence-electron chi connectivity index (χ4n) is 10.6. The molecule has 8 aromatic rings. The van der Waals surface area contributed by atoms with Gasteiger partial charge in [0.1, 0.15) is 16.9 Å². The van der Waals surface area contributed by atoms with Crippen molar-refractivity contribution in [2.75, 3.05) is 39.3 Å². The van der Waals surface area contributed by atoms with Crippen LogP contribution < -0.4 is 0 Å². The van der Waals surface area contributed by atoms with E-state index < -0.39 is 5.60 Å². The molecule has 3 fully saturated rings. The number of pyridine rings is 2. The second-order valence-electron chi connectivity index (χ2n) is 18.6. The van der Waals surface area contributed by atoms with Crippen molar-refractivity contribution in [3.05, 3.63) is 109 Å². The van der Waals surface area contributed by atoms with Gasteiger partial charge in [-0.3, -0.25) is 9.69 Å². The summed E-state index contributed by atoms with van der Waals surface area (Å²) in [5.74, 6) is 0.270. The van der Waals surface area contributed by atoms with Crippen molar-refractivity contribution in [2.24, 2.45) is 5.41 Å². The molecule has 2 amide bonds. The van der Waals surface area contributed by atoms with Gasteiger partial charge >= 0.3 is 6.09 Å². The Kier molecular flexibility index (Phi) is 9.78. The molecule has 8 aromatic heterocycles. The predicted octanol–water partition coefficient (Wildman–Crippen LogP) is 7.20. The summed E-state index contributed by atoms with van der Waals surface area (Å²) in [5, 5.41) is 19.8. The molecule has 0 bridgehead atoms. The quantitative estimate of drug-likeness (QED) is 0.142.